The average Bonchev–Trinajstić information content (AvgIpc) is 2.94. The van der Waals surface area contributed by atoms with Gasteiger partial charge in [0, 0.05) is 61.7 Å². The first kappa shape index (κ1) is 26.4. The fourth-order valence-corrected chi connectivity index (χ4v) is 5.73. The minimum absolute atomic E-state index is 0.0448. The molecule has 0 aromatic heterocycles. The molecule has 2 saturated heterocycles. The van der Waals surface area contributed by atoms with E-state index < -0.39 is 0 Å². The summed E-state index contributed by atoms with van der Waals surface area (Å²) in [6.45, 7) is 13.6. The fraction of sp³-hybridized carbons (Fsp3) is 0.586. The van der Waals surface area contributed by atoms with Crippen molar-refractivity contribution < 1.29 is 4.74 Å². The van der Waals surface area contributed by atoms with Gasteiger partial charge in [-0.05, 0) is 64.8 Å². The molecule has 36 heavy (non-hydrogen) atoms. The molecule has 0 spiro atoms. The number of aliphatic imine (C=N–C) groups is 2. The summed E-state index contributed by atoms with van der Waals surface area (Å²) in [6, 6.07) is 0.268. The molecule has 4 rings (SSSR count). The number of likely N-dealkylation sites (N-methyl/N-ethyl adjacent to an activating group) is 2. The maximum absolute atomic E-state index is 6.39. The third-order valence-corrected chi connectivity index (χ3v) is 7.86. The first-order chi connectivity index (χ1) is 17.1. The zero-order valence-corrected chi connectivity index (χ0v) is 23.0. The number of hydrogen-bond acceptors (Lipinski definition) is 7. The largest absolute Gasteiger partial charge is 0.380 e. The maximum atomic E-state index is 6.39. The Bertz CT molecular complexity index is 1030. The van der Waals surface area contributed by atoms with Crippen LogP contribution in [0.5, 0.6) is 0 Å². The van der Waals surface area contributed by atoms with Gasteiger partial charge in [-0.15, -0.1) is 0 Å². The van der Waals surface area contributed by atoms with Crippen LogP contribution in [0.3, 0.4) is 0 Å². The van der Waals surface area contributed by atoms with E-state index in [-0.39, 0.29) is 23.0 Å². The molecule has 7 heteroatoms. The smallest absolute Gasteiger partial charge is 0.224 e. The summed E-state index contributed by atoms with van der Waals surface area (Å²) in [5.41, 5.74) is 3.01. The average molecular weight is 493 g/mol. The Balaban J connectivity index is 1.68. The molecular weight excluding hydrogens is 448 g/mol. The Hall–Kier alpha value is -2.64. The van der Waals surface area contributed by atoms with Crippen LogP contribution < -0.4 is 10.6 Å². The lowest BCUT2D eigenvalue weighted by atomic mass is 9.69. The van der Waals surface area contributed by atoms with Crippen LogP contribution in [0, 0.1) is 11.3 Å². The van der Waals surface area contributed by atoms with Crippen molar-refractivity contribution in [2.75, 3.05) is 40.8 Å². The zero-order valence-electron chi connectivity index (χ0n) is 23.0. The number of amidine groups is 1. The van der Waals surface area contributed by atoms with Crippen LogP contribution in [0.4, 0.5) is 0 Å². The SMILES string of the molecule is C=C(/C=C\C=C(\CNC)N(C)C)N1C2=NC(NC3=CCCC=C3)=NCCC2[C@]2(C)COC(C)(C)CC12. The van der Waals surface area contributed by atoms with Gasteiger partial charge in [0.05, 0.1) is 12.2 Å². The summed E-state index contributed by atoms with van der Waals surface area (Å²) in [4.78, 5) is 14.5. The number of hydrogen-bond donors (Lipinski definition) is 2. The molecule has 0 aromatic carbocycles. The number of nitrogens with one attached hydrogen (secondary N) is 2. The quantitative estimate of drug-likeness (QED) is 0.522. The number of fused-ring (bicyclic) bond motifs is 3. The van der Waals surface area contributed by atoms with E-state index in [2.05, 4.69) is 98.3 Å². The maximum Gasteiger partial charge on any atom is 0.224 e. The van der Waals surface area contributed by atoms with Gasteiger partial charge in [0.15, 0.2) is 0 Å². The summed E-state index contributed by atoms with van der Waals surface area (Å²) >= 11 is 0. The predicted octanol–water partition coefficient (Wildman–Crippen LogP) is 4.21. The molecule has 0 aromatic rings. The second-order valence-corrected chi connectivity index (χ2v) is 11.4. The van der Waals surface area contributed by atoms with Crippen molar-refractivity contribution in [2.24, 2.45) is 21.3 Å². The van der Waals surface area contributed by atoms with Crippen molar-refractivity contribution >= 4 is 11.8 Å². The second kappa shape index (κ2) is 10.8. The lowest BCUT2D eigenvalue weighted by Gasteiger charge is -2.47. The molecule has 4 aliphatic rings. The molecule has 2 N–H and O–H groups in total. The van der Waals surface area contributed by atoms with Crippen LogP contribution in [-0.2, 0) is 4.74 Å². The summed E-state index contributed by atoms with van der Waals surface area (Å²) in [5, 5.41) is 6.71. The van der Waals surface area contributed by atoms with Gasteiger partial charge in [0.25, 0.3) is 0 Å². The van der Waals surface area contributed by atoms with E-state index >= 15 is 0 Å². The number of rotatable bonds is 7. The molecule has 3 atom stereocenters. The van der Waals surface area contributed by atoms with Crippen molar-refractivity contribution in [3.63, 3.8) is 0 Å². The van der Waals surface area contributed by atoms with Crippen molar-refractivity contribution in [1.29, 1.82) is 0 Å². The molecule has 0 radical (unpaired) electrons. The standard InChI is InChI=1S/C29H44N6O/c1-21(12-11-15-23(19-30-5)34(6)7)35-25-18-28(2,3)36-20-29(25,4)24-16-17-31-27(33-26(24)35)32-22-13-9-8-10-14-22/h9,11-15,24-25,30H,1,8,10,16-20H2,2-7H3,(H,31,32)/b12-11-,23-15-/t24?,25?,29-/m0/s1. The van der Waals surface area contributed by atoms with Gasteiger partial charge in [0.2, 0.25) is 5.96 Å². The van der Waals surface area contributed by atoms with E-state index in [1.807, 2.05) is 7.05 Å². The van der Waals surface area contributed by atoms with Gasteiger partial charge < -0.3 is 25.2 Å². The highest BCUT2D eigenvalue weighted by Crippen LogP contribution is 2.52. The number of guanidine groups is 1. The molecule has 3 aliphatic heterocycles. The van der Waals surface area contributed by atoms with Gasteiger partial charge >= 0.3 is 0 Å². The van der Waals surface area contributed by atoms with Crippen molar-refractivity contribution in [2.45, 2.75) is 58.1 Å². The number of likely N-dealkylation sites (tertiary alicyclic amines) is 1. The van der Waals surface area contributed by atoms with Gasteiger partial charge in [-0.1, -0.05) is 31.7 Å². The normalized spacial score (nSPS) is 29.7. The third kappa shape index (κ3) is 5.52. The van der Waals surface area contributed by atoms with Gasteiger partial charge in [0.1, 0.15) is 5.84 Å². The van der Waals surface area contributed by atoms with E-state index in [9.17, 15) is 0 Å². The summed E-state index contributed by atoms with van der Waals surface area (Å²) in [5.74, 6) is 2.02. The highest BCUT2D eigenvalue weighted by atomic mass is 16.5. The van der Waals surface area contributed by atoms with E-state index in [1.54, 1.807) is 0 Å². The van der Waals surface area contributed by atoms with Crippen LogP contribution in [0.25, 0.3) is 0 Å². The molecule has 2 unspecified atom stereocenters. The second-order valence-electron chi connectivity index (χ2n) is 11.4. The van der Waals surface area contributed by atoms with E-state index in [0.29, 0.717) is 12.6 Å². The monoisotopic (exact) mass is 492 g/mol. The number of ether oxygens (including phenoxy) is 1. The Morgan fingerprint density at radius 3 is 2.81 bits per heavy atom. The van der Waals surface area contributed by atoms with Gasteiger partial charge in [-0.25, -0.2) is 0 Å². The molecule has 1 aliphatic carbocycles. The van der Waals surface area contributed by atoms with Crippen molar-refractivity contribution in [1.82, 2.24) is 20.4 Å². The Kier molecular flexibility index (Phi) is 7.90. The molecule has 0 amide bonds. The molecule has 196 valence electrons. The zero-order chi connectivity index (χ0) is 25.9. The molecular formula is C29H44N6O. The molecule has 0 saturated carbocycles. The first-order valence-corrected chi connectivity index (χ1v) is 13.2. The Morgan fingerprint density at radius 2 is 2.11 bits per heavy atom. The molecule has 2 fully saturated rings. The summed E-state index contributed by atoms with van der Waals surface area (Å²) < 4.78 is 6.39. The molecule has 3 heterocycles. The lowest BCUT2D eigenvalue weighted by Crippen LogP contribution is -2.52. The van der Waals surface area contributed by atoms with E-state index in [1.165, 1.54) is 5.70 Å². The van der Waals surface area contributed by atoms with Crippen LogP contribution >= 0.6 is 0 Å². The molecule has 7 nitrogen and oxygen atoms in total. The van der Waals surface area contributed by atoms with Crippen LogP contribution in [-0.4, -0.2) is 74.1 Å². The molecule has 0 bridgehead atoms. The Labute approximate surface area is 217 Å². The summed E-state index contributed by atoms with van der Waals surface area (Å²) in [6.07, 6.45) is 16.9. The number of allylic oxidation sites excluding steroid dienone is 6. The van der Waals surface area contributed by atoms with E-state index in [4.69, 9.17) is 14.7 Å². The predicted molar refractivity (Wildman–Crippen MR) is 150 cm³/mol. The van der Waals surface area contributed by atoms with Crippen molar-refractivity contribution in [3.8, 4) is 0 Å². The topological polar surface area (TPSA) is 64.5 Å². The van der Waals surface area contributed by atoms with Crippen LogP contribution in [0.15, 0.2) is 70.1 Å². The van der Waals surface area contributed by atoms with Gasteiger partial charge in [-0.2, -0.15) is 4.99 Å². The van der Waals surface area contributed by atoms with Crippen LogP contribution in [0.2, 0.25) is 0 Å². The Morgan fingerprint density at radius 1 is 1.31 bits per heavy atom. The van der Waals surface area contributed by atoms with E-state index in [0.717, 1.165) is 56.0 Å². The van der Waals surface area contributed by atoms with Crippen LogP contribution in [0.1, 0.15) is 46.5 Å². The minimum atomic E-state index is -0.186. The third-order valence-electron chi connectivity index (χ3n) is 7.86. The van der Waals surface area contributed by atoms with Gasteiger partial charge in [-0.3, -0.25) is 4.99 Å². The first-order valence-electron chi connectivity index (χ1n) is 13.2. The minimum Gasteiger partial charge on any atom is -0.380 e. The summed E-state index contributed by atoms with van der Waals surface area (Å²) in [7, 11) is 6.10. The fourth-order valence-electron chi connectivity index (χ4n) is 5.73. The highest BCUT2D eigenvalue weighted by molar-refractivity contribution is 6.01. The highest BCUT2D eigenvalue weighted by Gasteiger charge is 2.59. The number of nitrogens with zero attached hydrogens (tertiary/aromatic N) is 4. The lowest BCUT2D eigenvalue weighted by molar-refractivity contribution is -0.133. The van der Waals surface area contributed by atoms with Crippen molar-refractivity contribution in [3.05, 3.63) is 60.1 Å².